The maximum absolute atomic E-state index is 5.66. The molecule has 1 aromatic heterocycles. The second-order valence-corrected chi connectivity index (χ2v) is 4.96. The zero-order valence-electron chi connectivity index (χ0n) is 10.6. The van der Waals surface area contributed by atoms with E-state index in [2.05, 4.69) is 29.1 Å². The van der Waals surface area contributed by atoms with Crippen molar-refractivity contribution < 1.29 is 4.74 Å². The first kappa shape index (κ1) is 12.5. The maximum Gasteiger partial charge on any atom is 0.131 e. The fourth-order valence-electron chi connectivity index (χ4n) is 2.03. The Morgan fingerprint density at radius 1 is 1.53 bits per heavy atom. The third-order valence-corrected chi connectivity index (χ3v) is 2.80. The van der Waals surface area contributed by atoms with Crippen LogP contribution in [0.15, 0.2) is 12.3 Å². The molecule has 17 heavy (non-hydrogen) atoms. The fourth-order valence-corrected chi connectivity index (χ4v) is 2.03. The molecule has 1 aliphatic heterocycles. The summed E-state index contributed by atoms with van der Waals surface area (Å²) >= 11 is 0. The van der Waals surface area contributed by atoms with Crippen molar-refractivity contribution in [2.75, 3.05) is 19.7 Å². The van der Waals surface area contributed by atoms with Gasteiger partial charge in [0.1, 0.15) is 5.82 Å². The van der Waals surface area contributed by atoms with Gasteiger partial charge in [0, 0.05) is 31.4 Å². The molecule has 1 saturated heterocycles. The lowest BCUT2D eigenvalue weighted by atomic mass is 10.1. The number of hydrogen-bond acceptors (Lipinski definition) is 4. The van der Waals surface area contributed by atoms with Crippen molar-refractivity contribution >= 4 is 0 Å². The standard InChI is InChI=1S/C13H21N3O/c1-10(2)7-11-3-4-15-13(16-11)8-12-9-14-5-6-17-12/h3-4,10,12,14H,5-9H2,1-2H3. The quantitative estimate of drug-likeness (QED) is 0.852. The molecule has 4 heteroatoms. The fraction of sp³-hybridized carbons (Fsp3) is 0.692. The molecule has 0 spiro atoms. The zero-order chi connectivity index (χ0) is 12.1. The van der Waals surface area contributed by atoms with Gasteiger partial charge in [-0.15, -0.1) is 0 Å². The molecule has 0 radical (unpaired) electrons. The summed E-state index contributed by atoms with van der Waals surface area (Å²) in [5.74, 6) is 1.53. The molecular weight excluding hydrogens is 214 g/mol. The van der Waals surface area contributed by atoms with Crippen LogP contribution in [0.2, 0.25) is 0 Å². The molecule has 0 aromatic carbocycles. The van der Waals surface area contributed by atoms with E-state index >= 15 is 0 Å². The summed E-state index contributed by atoms with van der Waals surface area (Å²) in [6, 6.07) is 2.00. The van der Waals surface area contributed by atoms with Gasteiger partial charge in [0.2, 0.25) is 0 Å². The molecule has 0 amide bonds. The highest BCUT2D eigenvalue weighted by Gasteiger charge is 2.15. The smallest absolute Gasteiger partial charge is 0.131 e. The van der Waals surface area contributed by atoms with Crippen molar-refractivity contribution in [3.05, 3.63) is 23.8 Å². The molecule has 1 fully saturated rings. The Kier molecular flexibility index (Phi) is 4.45. The highest BCUT2D eigenvalue weighted by Crippen LogP contribution is 2.07. The van der Waals surface area contributed by atoms with Gasteiger partial charge < -0.3 is 10.1 Å². The minimum absolute atomic E-state index is 0.220. The van der Waals surface area contributed by atoms with Crippen LogP contribution in [0, 0.1) is 5.92 Å². The van der Waals surface area contributed by atoms with E-state index < -0.39 is 0 Å². The summed E-state index contributed by atoms with van der Waals surface area (Å²) in [6.45, 7) is 7.05. The van der Waals surface area contributed by atoms with Crippen molar-refractivity contribution in [3.8, 4) is 0 Å². The first-order valence-electron chi connectivity index (χ1n) is 6.37. The van der Waals surface area contributed by atoms with Crippen LogP contribution < -0.4 is 5.32 Å². The molecule has 1 aromatic rings. The minimum atomic E-state index is 0.220. The van der Waals surface area contributed by atoms with E-state index in [1.54, 1.807) is 0 Å². The molecule has 2 heterocycles. The van der Waals surface area contributed by atoms with Crippen molar-refractivity contribution in [1.82, 2.24) is 15.3 Å². The Labute approximate surface area is 103 Å². The highest BCUT2D eigenvalue weighted by molar-refractivity contribution is 5.04. The van der Waals surface area contributed by atoms with Gasteiger partial charge in [-0.1, -0.05) is 13.8 Å². The number of nitrogens with zero attached hydrogens (tertiary/aromatic N) is 2. The highest BCUT2D eigenvalue weighted by atomic mass is 16.5. The third-order valence-electron chi connectivity index (χ3n) is 2.80. The molecule has 1 atom stereocenters. The van der Waals surface area contributed by atoms with Crippen LogP contribution >= 0.6 is 0 Å². The van der Waals surface area contributed by atoms with E-state index in [9.17, 15) is 0 Å². The normalized spacial score (nSPS) is 20.8. The Morgan fingerprint density at radius 3 is 3.12 bits per heavy atom. The average molecular weight is 235 g/mol. The van der Waals surface area contributed by atoms with Gasteiger partial charge in [-0.05, 0) is 18.4 Å². The Morgan fingerprint density at radius 2 is 2.41 bits per heavy atom. The van der Waals surface area contributed by atoms with Crippen LogP contribution in [-0.4, -0.2) is 35.8 Å². The van der Waals surface area contributed by atoms with Crippen LogP contribution in [0.25, 0.3) is 0 Å². The Hall–Kier alpha value is -1.00. The van der Waals surface area contributed by atoms with Gasteiger partial charge in [-0.2, -0.15) is 0 Å². The van der Waals surface area contributed by atoms with Gasteiger partial charge in [0.05, 0.1) is 12.7 Å². The predicted octanol–water partition coefficient (Wildman–Crippen LogP) is 1.21. The zero-order valence-corrected chi connectivity index (χ0v) is 10.6. The summed E-state index contributed by atoms with van der Waals surface area (Å²) in [5.41, 5.74) is 1.13. The molecule has 2 rings (SSSR count). The van der Waals surface area contributed by atoms with Gasteiger partial charge in [-0.25, -0.2) is 9.97 Å². The molecule has 4 nitrogen and oxygen atoms in total. The molecule has 1 aliphatic rings. The van der Waals surface area contributed by atoms with Gasteiger partial charge in [0.15, 0.2) is 0 Å². The number of rotatable bonds is 4. The van der Waals surface area contributed by atoms with Crippen LogP contribution in [0.4, 0.5) is 0 Å². The Bertz CT molecular complexity index is 348. The molecular formula is C13H21N3O. The molecule has 0 saturated carbocycles. The van der Waals surface area contributed by atoms with Gasteiger partial charge >= 0.3 is 0 Å². The van der Waals surface area contributed by atoms with Gasteiger partial charge in [0.25, 0.3) is 0 Å². The maximum atomic E-state index is 5.66. The predicted molar refractivity (Wildman–Crippen MR) is 66.9 cm³/mol. The lowest BCUT2D eigenvalue weighted by Crippen LogP contribution is -2.39. The number of aromatic nitrogens is 2. The SMILES string of the molecule is CC(C)Cc1ccnc(CC2CNCCO2)n1. The van der Waals surface area contributed by atoms with E-state index in [4.69, 9.17) is 4.74 Å². The van der Waals surface area contributed by atoms with Crippen LogP contribution in [0.5, 0.6) is 0 Å². The molecule has 1 N–H and O–H groups in total. The van der Waals surface area contributed by atoms with E-state index in [1.807, 2.05) is 12.3 Å². The van der Waals surface area contributed by atoms with E-state index in [0.717, 1.165) is 44.1 Å². The van der Waals surface area contributed by atoms with Crippen LogP contribution in [0.1, 0.15) is 25.4 Å². The third kappa shape index (κ3) is 4.06. The van der Waals surface area contributed by atoms with E-state index in [0.29, 0.717) is 5.92 Å². The summed E-state index contributed by atoms with van der Waals surface area (Å²) in [5, 5.41) is 3.32. The van der Waals surface area contributed by atoms with E-state index in [1.165, 1.54) is 0 Å². The average Bonchev–Trinajstić information content (AvgIpc) is 2.30. The first-order chi connectivity index (χ1) is 8.24. The summed E-state index contributed by atoms with van der Waals surface area (Å²) in [7, 11) is 0. The topological polar surface area (TPSA) is 47.0 Å². The molecule has 94 valence electrons. The molecule has 1 unspecified atom stereocenters. The van der Waals surface area contributed by atoms with Crippen molar-refractivity contribution in [1.29, 1.82) is 0 Å². The number of ether oxygens (including phenoxy) is 1. The lowest BCUT2D eigenvalue weighted by Gasteiger charge is -2.23. The number of morpholine rings is 1. The molecule has 0 aliphatic carbocycles. The summed E-state index contributed by atoms with van der Waals surface area (Å²) < 4.78 is 5.66. The van der Waals surface area contributed by atoms with Crippen molar-refractivity contribution in [3.63, 3.8) is 0 Å². The second-order valence-electron chi connectivity index (χ2n) is 4.96. The summed E-state index contributed by atoms with van der Waals surface area (Å²) in [6.07, 6.45) is 3.90. The van der Waals surface area contributed by atoms with Crippen LogP contribution in [-0.2, 0) is 17.6 Å². The summed E-state index contributed by atoms with van der Waals surface area (Å²) in [4.78, 5) is 8.91. The van der Waals surface area contributed by atoms with Crippen molar-refractivity contribution in [2.24, 2.45) is 5.92 Å². The monoisotopic (exact) mass is 235 g/mol. The van der Waals surface area contributed by atoms with E-state index in [-0.39, 0.29) is 6.10 Å². The lowest BCUT2D eigenvalue weighted by molar-refractivity contribution is 0.0280. The van der Waals surface area contributed by atoms with Crippen molar-refractivity contribution in [2.45, 2.75) is 32.8 Å². The van der Waals surface area contributed by atoms with Crippen LogP contribution in [0.3, 0.4) is 0 Å². The number of nitrogens with one attached hydrogen (secondary N) is 1. The second kappa shape index (κ2) is 6.07. The number of hydrogen-bond donors (Lipinski definition) is 1. The first-order valence-corrected chi connectivity index (χ1v) is 6.37. The molecule has 0 bridgehead atoms. The van der Waals surface area contributed by atoms with Gasteiger partial charge in [-0.3, -0.25) is 0 Å². The minimum Gasteiger partial charge on any atom is -0.375 e. The Balaban J connectivity index is 1.95. The largest absolute Gasteiger partial charge is 0.375 e.